The van der Waals surface area contributed by atoms with Crippen molar-refractivity contribution in [3.05, 3.63) is 28.3 Å². The van der Waals surface area contributed by atoms with Crippen molar-refractivity contribution in [1.29, 1.82) is 0 Å². The van der Waals surface area contributed by atoms with E-state index in [9.17, 15) is 15.2 Å². The van der Waals surface area contributed by atoms with Crippen molar-refractivity contribution in [3.8, 4) is 0 Å². The lowest BCUT2D eigenvalue weighted by molar-refractivity contribution is -0.383. The van der Waals surface area contributed by atoms with E-state index in [-0.39, 0.29) is 24.5 Å². The molecular weight excluding hydrogens is 266 g/mol. The first kappa shape index (κ1) is 16.2. The van der Waals surface area contributed by atoms with Gasteiger partial charge in [0, 0.05) is 31.9 Å². The number of benzene rings is 1. The molecule has 0 bridgehead atoms. The lowest BCUT2D eigenvalue weighted by atomic mass is 10.2. The average Bonchev–Trinajstić information content (AvgIpc) is 2.44. The summed E-state index contributed by atoms with van der Waals surface area (Å²) >= 11 is 0. The third kappa shape index (κ3) is 4.34. The number of likely N-dealkylation sites (N-methyl/N-ethyl adjacent to an activating group) is 1. The summed E-state index contributed by atoms with van der Waals surface area (Å²) in [5.74, 6) is 0. The molecule has 0 saturated carbocycles. The molecule has 0 aliphatic carbocycles. The highest BCUT2D eigenvalue weighted by atomic mass is 16.6. The summed E-state index contributed by atoms with van der Waals surface area (Å²) in [6.07, 6.45) is -0.980. The van der Waals surface area contributed by atoms with Gasteiger partial charge in [-0.2, -0.15) is 0 Å². The topological polar surface area (TPSA) is 119 Å². The van der Waals surface area contributed by atoms with E-state index in [1.54, 1.807) is 18.0 Å². The molecule has 4 N–H and O–H groups in total. The van der Waals surface area contributed by atoms with E-state index in [2.05, 4.69) is 5.32 Å². The lowest BCUT2D eigenvalue weighted by Crippen LogP contribution is -2.24. The summed E-state index contributed by atoms with van der Waals surface area (Å²) in [7, 11) is 1.72. The first-order chi connectivity index (χ1) is 9.49. The van der Waals surface area contributed by atoms with Gasteiger partial charge in [-0.1, -0.05) is 0 Å². The standard InChI is InChI=1S/C12H19N3O5/c1-14(4-5-16)9-2-3-11(12(6-9)15(19)20)13-7-10(18)8-17/h2-3,6,10,13,16-18H,4-5,7-8H2,1H3. The van der Waals surface area contributed by atoms with Gasteiger partial charge in [0.05, 0.1) is 24.2 Å². The average molecular weight is 285 g/mol. The zero-order valence-electron chi connectivity index (χ0n) is 11.2. The first-order valence-corrected chi connectivity index (χ1v) is 6.12. The number of aliphatic hydroxyl groups excluding tert-OH is 3. The second-order valence-corrected chi connectivity index (χ2v) is 4.32. The van der Waals surface area contributed by atoms with E-state index in [0.717, 1.165) is 0 Å². The number of nitrogens with one attached hydrogen (secondary N) is 1. The summed E-state index contributed by atoms with van der Waals surface area (Å²) in [4.78, 5) is 12.2. The minimum Gasteiger partial charge on any atom is -0.395 e. The minimum absolute atomic E-state index is 0.0170. The van der Waals surface area contributed by atoms with E-state index in [0.29, 0.717) is 12.2 Å². The van der Waals surface area contributed by atoms with E-state index in [1.807, 2.05) is 0 Å². The number of aliphatic hydroxyl groups is 3. The molecule has 1 atom stereocenters. The highest BCUT2D eigenvalue weighted by Gasteiger charge is 2.16. The van der Waals surface area contributed by atoms with Crippen molar-refractivity contribution in [3.63, 3.8) is 0 Å². The number of rotatable bonds is 8. The molecule has 112 valence electrons. The van der Waals surface area contributed by atoms with Crippen molar-refractivity contribution in [2.75, 3.05) is 43.6 Å². The molecule has 0 heterocycles. The fourth-order valence-corrected chi connectivity index (χ4v) is 1.63. The Morgan fingerprint density at radius 3 is 2.70 bits per heavy atom. The van der Waals surface area contributed by atoms with Gasteiger partial charge >= 0.3 is 0 Å². The highest BCUT2D eigenvalue weighted by Crippen LogP contribution is 2.29. The molecule has 0 fully saturated rings. The van der Waals surface area contributed by atoms with Crippen LogP contribution in [0.25, 0.3) is 0 Å². The molecule has 1 unspecified atom stereocenters. The number of nitrogens with zero attached hydrogens (tertiary/aromatic N) is 2. The quantitative estimate of drug-likeness (QED) is 0.385. The molecule has 0 aliphatic heterocycles. The molecule has 0 radical (unpaired) electrons. The highest BCUT2D eigenvalue weighted by molar-refractivity contribution is 5.68. The van der Waals surface area contributed by atoms with Crippen LogP contribution in [0.5, 0.6) is 0 Å². The van der Waals surface area contributed by atoms with E-state index in [4.69, 9.17) is 10.2 Å². The number of nitro benzene ring substituents is 1. The van der Waals surface area contributed by atoms with Crippen LogP contribution in [0.2, 0.25) is 0 Å². The summed E-state index contributed by atoms with van der Waals surface area (Å²) in [5, 5.41) is 40.6. The zero-order chi connectivity index (χ0) is 15.1. The van der Waals surface area contributed by atoms with Gasteiger partial charge in [0.2, 0.25) is 0 Å². The number of hydrogen-bond acceptors (Lipinski definition) is 7. The van der Waals surface area contributed by atoms with Crippen LogP contribution in [-0.4, -0.2) is 59.7 Å². The van der Waals surface area contributed by atoms with Crippen LogP contribution in [-0.2, 0) is 0 Å². The second kappa shape index (κ2) is 7.63. The Kier molecular flexibility index (Phi) is 6.16. The molecule has 0 aliphatic rings. The summed E-state index contributed by atoms with van der Waals surface area (Å²) in [5.41, 5.74) is 0.750. The van der Waals surface area contributed by atoms with Crippen LogP contribution in [0.1, 0.15) is 0 Å². The van der Waals surface area contributed by atoms with Crippen molar-refractivity contribution in [1.82, 2.24) is 0 Å². The molecule has 0 amide bonds. The third-order valence-electron chi connectivity index (χ3n) is 2.79. The molecule has 1 aromatic rings. The van der Waals surface area contributed by atoms with Crippen molar-refractivity contribution in [2.45, 2.75) is 6.10 Å². The molecule has 0 saturated heterocycles. The Bertz CT molecular complexity index is 455. The second-order valence-electron chi connectivity index (χ2n) is 4.32. The lowest BCUT2D eigenvalue weighted by Gasteiger charge is -2.18. The van der Waals surface area contributed by atoms with Gasteiger partial charge in [0.1, 0.15) is 5.69 Å². The molecule has 0 aromatic heterocycles. The first-order valence-electron chi connectivity index (χ1n) is 6.12. The van der Waals surface area contributed by atoms with Crippen molar-refractivity contribution < 1.29 is 20.2 Å². The molecule has 8 nitrogen and oxygen atoms in total. The van der Waals surface area contributed by atoms with Gasteiger partial charge in [0.15, 0.2) is 0 Å². The monoisotopic (exact) mass is 285 g/mol. The number of hydrogen-bond donors (Lipinski definition) is 4. The molecule has 1 aromatic carbocycles. The third-order valence-corrected chi connectivity index (χ3v) is 2.79. The maximum Gasteiger partial charge on any atom is 0.294 e. The Labute approximate surface area is 116 Å². The molecule has 20 heavy (non-hydrogen) atoms. The Balaban J connectivity index is 2.93. The Morgan fingerprint density at radius 1 is 1.45 bits per heavy atom. The van der Waals surface area contributed by atoms with Gasteiger partial charge < -0.3 is 25.5 Å². The molecule has 0 spiro atoms. The number of nitro groups is 1. The maximum atomic E-state index is 11.1. The number of anilines is 2. The Morgan fingerprint density at radius 2 is 2.15 bits per heavy atom. The van der Waals surface area contributed by atoms with Gasteiger partial charge in [-0.05, 0) is 12.1 Å². The molecular formula is C12H19N3O5. The predicted molar refractivity (Wildman–Crippen MR) is 75.0 cm³/mol. The van der Waals surface area contributed by atoms with Gasteiger partial charge in [-0.15, -0.1) is 0 Å². The minimum atomic E-state index is -0.980. The van der Waals surface area contributed by atoms with Crippen LogP contribution >= 0.6 is 0 Å². The fourth-order valence-electron chi connectivity index (χ4n) is 1.63. The van der Waals surface area contributed by atoms with Gasteiger partial charge in [0.25, 0.3) is 5.69 Å². The van der Waals surface area contributed by atoms with Crippen LogP contribution in [0, 0.1) is 10.1 Å². The van der Waals surface area contributed by atoms with Crippen LogP contribution < -0.4 is 10.2 Å². The SMILES string of the molecule is CN(CCO)c1ccc(NCC(O)CO)c([N+](=O)[O-])c1. The van der Waals surface area contributed by atoms with Crippen molar-refractivity contribution in [2.24, 2.45) is 0 Å². The smallest absolute Gasteiger partial charge is 0.294 e. The molecule has 1 rings (SSSR count). The molecule has 8 heteroatoms. The van der Waals surface area contributed by atoms with E-state index in [1.165, 1.54) is 12.1 Å². The summed E-state index contributed by atoms with van der Waals surface area (Å²) in [6, 6.07) is 4.60. The Hall–Kier alpha value is -1.90. The van der Waals surface area contributed by atoms with Crippen molar-refractivity contribution >= 4 is 17.1 Å². The maximum absolute atomic E-state index is 11.1. The van der Waals surface area contributed by atoms with Crippen LogP contribution in [0.15, 0.2) is 18.2 Å². The van der Waals surface area contributed by atoms with Gasteiger partial charge in [-0.3, -0.25) is 10.1 Å². The largest absolute Gasteiger partial charge is 0.395 e. The fraction of sp³-hybridized carbons (Fsp3) is 0.500. The normalized spacial score (nSPS) is 12.0. The summed E-state index contributed by atoms with van der Waals surface area (Å²) in [6.45, 7) is -0.0819. The van der Waals surface area contributed by atoms with Crippen LogP contribution in [0.4, 0.5) is 17.1 Å². The van der Waals surface area contributed by atoms with E-state index < -0.39 is 17.6 Å². The van der Waals surface area contributed by atoms with E-state index >= 15 is 0 Å². The summed E-state index contributed by atoms with van der Waals surface area (Å²) < 4.78 is 0. The zero-order valence-corrected chi connectivity index (χ0v) is 11.2. The van der Waals surface area contributed by atoms with Gasteiger partial charge in [-0.25, -0.2) is 0 Å². The van der Waals surface area contributed by atoms with Crippen LogP contribution in [0.3, 0.4) is 0 Å². The predicted octanol–water partition coefficient (Wildman–Crippen LogP) is -0.212.